The molecule has 0 radical (unpaired) electrons. The molecule has 0 atom stereocenters. The van der Waals surface area contributed by atoms with Crippen molar-refractivity contribution >= 4 is 39.6 Å². The topological polar surface area (TPSA) is 114 Å². The molecule has 0 aliphatic heterocycles. The summed E-state index contributed by atoms with van der Waals surface area (Å²) in [5.41, 5.74) is 1.51. The third-order valence-electron chi connectivity index (χ3n) is 3.47. The van der Waals surface area contributed by atoms with Crippen LogP contribution in [0.1, 0.15) is 5.89 Å². The van der Waals surface area contributed by atoms with Crippen molar-refractivity contribution in [2.45, 2.75) is 0 Å². The Morgan fingerprint density at radius 1 is 1.42 bits per heavy atom. The summed E-state index contributed by atoms with van der Waals surface area (Å²) in [4.78, 5) is 14.5. The first-order valence-corrected chi connectivity index (χ1v) is 7.65. The average molecular weight is 371 g/mol. The Morgan fingerprint density at radius 3 is 2.92 bits per heavy atom. The fourth-order valence-corrected chi connectivity index (χ4v) is 2.39. The number of ether oxygens (including phenoxy) is 1. The van der Waals surface area contributed by atoms with Gasteiger partial charge < -0.3 is 14.5 Å². The van der Waals surface area contributed by atoms with Crippen LogP contribution >= 0.6 is 11.6 Å². The first-order valence-electron chi connectivity index (χ1n) is 7.27. The molecule has 8 nitrogen and oxygen atoms in total. The van der Waals surface area contributed by atoms with E-state index in [9.17, 15) is 15.4 Å². The van der Waals surface area contributed by atoms with Gasteiger partial charge in [0.05, 0.1) is 23.8 Å². The maximum absolute atomic E-state index is 10.8. The van der Waals surface area contributed by atoms with Gasteiger partial charge in [0.25, 0.3) is 5.69 Å². The zero-order chi connectivity index (χ0) is 18.7. The Kier molecular flexibility index (Phi) is 4.73. The molecule has 2 aromatic carbocycles. The number of rotatable bonds is 5. The number of halogens is 1. The van der Waals surface area contributed by atoms with Crippen LogP contribution in [0.15, 0.2) is 47.0 Å². The van der Waals surface area contributed by atoms with Gasteiger partial charge in [-0.3, -0.25) is 10.1 Å². The van der Waals surface area contributed by atoms with Gasteiger partial charge in [-0.2, -0.15) is 5.26 Å². The second kappa shape index (κ2) is 7.13. The van der Waals surface area contributed by atoms with Crippen LogP contribution in [0.25, 0.3) is 16.7 Å². The van der Waals surface area contributed by atoms with E-state index < -0.39 is 4.92 Å². The van der Waals surface area contributed by atoms with Crippen molar-refractivity contribution < 1.29 is 14.1 Å². The summed E-state index contributed by atoms with van der Waals surface area (Å²) in [7, 11) is 1.39. The van der Waals surface area contributed by atoms with Crippen molar-refractivity contribution in [2.24, 2.45) is 0 Å². The molecular weight excluding hydrogens is 360 g/mol. The molecule has 1 N–H and O–H groups in total. The van der Waals surface area contributed by atoms with Gasteiger partial charge in [0, 0.05) is 17.3 Å². The number of nitrogens with zero attached hydrogens (tertiary/aromatic N) is 3. The highest BCUT2D eigenvalue weighted by Crippen LogP contribution is 2.30. The van der Waals surface area contributed by atoms with E-state index >= 15 is 0 Å². The van der Waals surface area contributed by atoms with Crippen molar-refractivity contribution in [3.63, 3.8) is 0 Å². The van der Waals surface area contributed by atoms with E-state index in [1.807, 2.05) is 6.07 Å². The molecule has 0 bridgehead atoms. The normalized spacial score (nSPS) is 11.2. The maximum atomic E-state index is 10.8. The number of non-ortho nitro benzene ring substituents is 1. The Bertz CT molecular complexity index is 1070. The monoisotopic (exact) mass is 370 g/mol. The van der Waals surface area contributed by atoms with Gasteiger partial charge in [0.15, 0.2) is 5.58 Å². The Labute approximate surface area is 152 Å². The molecule has 3 aromatic rings. The summed E-state index contributed by atoms with van der Waals surface area (Å²) in [6.07, 6.45) is 1.38. The zero-order valence-electron chi connectivity index (χ0n) is 13.4. The van der Waals surface area contributed by atoms with E-state index in [0.717, 1.165) is 0 Å². The number of nitro benzene ring substituents is 1. The molecule has 0 saturated carbocycles. The van der Waals surface area contributed by atoms with Crippen LogP contribution in [0.3, 0.4) is 0 Å². The second-order valence-corrected chi connectivity index (χ2v) is 5.52. The number of nitro groups is 1. The smallest absolute Gasteiger partial charge is 0.273 e. The lowest BCUT2D eigenvalue weighted by Gasteiger charge is -2.07. The van der Waals surface area contributed by atoms with Gasteiger partial charge in [0.1, 0.15) is 22.9 Å². The largest absolute Gasteiger partial charge is 0.494 e. The molecule has 0 spiro atoms. The molecule has 1 aromatic heterocycles. The molecule has 0 aliphatic rings. The van der Waals surface area contributed by atoms with Gasteiger partial charge in [-0.15, -0.1) is 0 Å². The highest BCUT2D eigenvalue weighted by Gasteiger charge is 2.13. The Hall–Kier alpha value is -3.57. The number of hydrogen-bond donors (Lipinski definition) is 1. The summed E-state index contributed by atoms with van der Waals surface area (Å²) >= 11 is 5.92. The lowest BCUT2D eigenvalue weighted by molar-refractivity contribution is -0.384. The number of anilines is 1. The number of allylic oxidation sites excluding steroid dienone is 1. The molecule has 0 amide bonds. The minimum Gasteiger partial charge on any atom is -0.494 e. The lowest BCUT2D eigenvalue weighted by atomic mass is 10.2. The minimum atomic E-state index is -0.522. The van der Waals surface area contributed by atoms with Gasteiger partial charge in [-0.05, 0) is 24.3 Å². The van der Waals surface area contributed by atoms with Crippen LogP contribution in [-0.4, -0.2) is 17.0 Å². The first kappa shape index (κ1) is 17.3. The van der Waals surface area contributed by atoms with E-state index in [2.05, 4.69) is 10.3 Å². The Balaban J connectivity index is 1.92. The standard InChI is InChI=1S/C17H11ClN4O4/c1-25-16-7-12(22(23)24)3-4-13(16)20-9-10(8-19)17-21-14-6-11(18)2-5-15(14)26-17/h2-7,9,20H,1H3. The molecule has 26 heavy (non-hydrogen) atoms. The Morgan fingerprint density at radius 2 is 2.23 bits per heavy atom. The van der Waals surface area contributed by atoms with Crippen molar-refractivity contribution in [3.8, 4) is 11.8 Å². The number of aromatic nitrogens is 1. The summed E-state index contributed by atoms with van der Waals surface area (Å²) in [5.74, 6) is 0.384. The minimum absolute atomic E-state index is 0.104. The number of methoxy groups -OCH3 is 1. The summed E-state index contributed by atoms with van der Waals surface area (Å²) in [6, 6.07) is 11.0. The predicted octanol–water partition coefficient (Wildman–Crippen LogP) is 4.37. The van der Waals surface area contributed by atoms with Gasteiger partial charge in [0.2, 0.25) is 5.89 Å². The first-order chi connectivity index (χ1) is 12.5. The number of nitriles is 1. The zero-order valence-corrected chi connectivity index (χ0v) is 14.1. The van der Waals surface area contributed by atoms with E-state index in [-0.39, 0.29) is 22.9 Å². The SMILES string of the molecule is COc1cc([N+](=O)[O-])ccc1NC=C(C#N)c1nc2cc(Cl)ccc2o1. The summed E-state index contributed by atoms with van der Waals surface area (Å²) < 4.78 is 10.7. The third kappa shape index (κ3) is 3.43. The van der Waals surface area contributed by atoms with Gasteiger partial charge in [-0.1, -0.05) is 11.6 Å². The number of benzene rings is 2. The molecule has 3 rings (SSSR count). The van der Waals surface area contributed by atoms with Gasteiger partial charge in [-0.25, -0.2) is 4.98 Å². The highest BCUT2D eigenvalue weighted by atomic mass is 35.5. The number of hydrogen-bond acceptors (Lipinski definition) is 7. The van der Waals surface area contributed by atoms with Crippen molar-refractivity contribution in [2.75, 3.05) is 12.4 Å². The van der Waals surface area contributed by atoms with Crippen LogP contribution in [0.2, 0.25) is 5.02 Å². The average Bonchev–Trinajstić information content (AvgIpc) is 3.05. The van der Waals surface area contributed by atoms with Gasteiger partial charge >= 0.3 is 0 Å². The molecule has 0 unspecified atom stereocenters. The highest BCUT2D eigenvalue weighted by molar-refractivity contribution is 6.31. The predicted molar refractivity (Wildman–Crippen MR) is 95.9 cm³/mol. The maximum Gasteiger partial charge on any atom is 0.273 e. The van der Waals surface area contributed by atoms with Crippen LogP contribution in [-0.2, 0) is 0 Å². The molecule has 0 saturated heterocycles. The number of oxazole rings is 1. The van der Waals surface area contributed by atoms with Crippen LogP contribution in [0, 0.1) is 21.4 Å². The van der Waals surface area contributed by atoms with Crippen molar-refractivity contribution in [1.29, 1.82) is 5.26 Å². The quantitative estimate of drug-likeness (QED) is 0.402. The van der Waals surface area contributed by atoms with E-state index in [1.54, 1.807) is 18.2 Å². The van der Waals surface area contributed by atoms with E-state index in [1.165, 1.54) is 31.5 Å². The summed E-state index contributed by atoms with van der Waals surface area (Å²) in [6.45, 7) is 0. The third-order valence-corrected chi connectivity index (χ3v) is 3.70. The van der Waals surface area contributed by atoms with Crippen molar-refractivity contribution in [3.05, 3.63) is 63.6 Å². The number of nitrogens with one attached hydrogen (secondary N) is 1. The van der Waals surface area contributed by atoms with E-state index in [0.29, 0.717) is 21.8 Å². The van der Waals surface area contributed by atoms with Crippen LogP contribution in [0.4, 0.5) is 11.4 Å². The molecule has 0 fully saturated rings. The van der Waals surface area contributed by atoms with Crippen LogP contribution in [0.5, 0.6) is 5.75 Å². The van der Waals surface area contributed by atoms with Crippen LogP contribution < -0.4 is 10.1 Å². The van der Waals surface area contributed by atoms with E-state index in [4.69, 9.17) is 20.8 Å². The molecule has 130 valence electrons. The molecular formula is C17H11ClN4O4. The van der Waals surface area contributed by atoms with Crippen molar-refractivity contribution in [1.82, 2.24) is 4.98 Å². The second-order valence-electron chi connectivity index (χ2n) is 5.09. The molecule has 1 heterocycles. The fraction of sp³-hybridized carbons (Fsp3) is 0.0588. The number of fused-ring (bicyclic) bond motifs is 1. The lowest BCUT2D eigenvalue weighted by Crippen LogP contribution is -1.96. The fourth-order valence-electron chi connectivity index (χ4n) is 2.22. The summed E-state index contributed by atoms with van der Waals surface area (Å²) in [5, 5.41) is 23.6. The molecule has 0 aliphatic carbocycles. The molecule has 9 heteroatoms.